The molecule has 210 valence electrons. The van der Waals surface area contributed by atoms with Gasteiger partial charge < -0.3 is 24.1 Å². The van der Waals surface area contributed by atoms with E-state index in [-0.39, 0.29) is 11.8 Å². The van der Waals surface area contributed by atoms with Crippen LogP contribution in [0.5, 0.6) is 11.5 Å². The molecule has 0 unspecified atom stereocenters. The van der Waals surface area contributed by atoms with E-state index in [1.54, 1.807) is 25.1 Å². The first kappa shape index (κ1) is 27.2. The summed E-state index contributed by atoms with van der Waals surface area (Å²) in [4.78, 5) is 12.7. The van der Waals surface area contributed by atoms with Crippen LogP contribution in [0, 0.1) is 0 Å². The third-order valence-electron chi connectivity index (χ3n) is 7.47. The summed E-state index contributed by atoms with van der Waals surface area (Å²) in [7, 11) is 3.27. The fourth-order valence-corrected chi connectivity index (χ4v) is 5.53. The maximum absolute atomic E-state index is 11.1. The van der Waals surface area contributed by atoms with Gasteiger partial charge in [0, 0.05) is 6.42 Å². The highest BCUT2D eigenvalue weighted by atomic mass is 35.5. The van der Waals surface area contributed by atoms with Crippen molar-refractivity contribution in [1.29, 1.82) is 0 Å². The van der Waals surface area contributed by atoms with Crippen molar-refractivity contribution >= 4 is 22.8 Å². The minimum absolute atomic E-state index is 0.104. The molecule has 0 amide bonds. The smallest absolute Gasteiger partial charge is 0.166 e. The first-order valence-corrected chi connectivity index (χ1v) is 13.6. The van der Waals surface area contributed by atoms with Gasteiger partial charge in [-0.25, -0.2) is 15.0 Å². The Kier molecular flexibility index (Phi) is 7.59. The minimum Gasteiger partial charge on any atom is -0.497 e. The SMILES string of the molecule is COc1ccc(C(OC[C@H]2O[C@@H](n3cnc4c(Cl)ncnc43)C[C@@H]2O)(c2ccccc2)c2ccc(OC)cc2)cc1. The number of benzene rings is 3. The Morgan fingerprint density at radius 2 is 1.49 bits per heavy atom. The molecule has 41 heavy (non-hydrogen) atoms. The van der Waals surface area contributed by atoms with E-state index in [0.29, 0.717) is 17.6 Å². The number of halogens is 1. The van der Waals surface area contributed by atoms with Gasteiger partial charge in [0.15, 0.2) is 10.8 Å². The number of rotatable bonds is 9. The summed E-state index contributed by atoms with van der Waals surface area (Å²) >= 11 is 6.19. The van der Waals surface area contributed by atoms with Crippen LogP contribution in [0.4, 0.5) is 0 Å². The maximum Gasteiger partial charge on any atom is 0.166 e. The van der Waals surface area contributed by atoms with Crippen LogP contribution in [-0.4, -0.2) is 57.7 Å². The molecule has 1 aliphatic rings. The van der Waals surface area contributed by atoms with Gasteiger partial charge in [-0.1, -0.05) is 66.2 Å². The molecule has 0 saturated carbocycles. The predicted molar refractivity (Wildman–Crippen MR) is 153 cm³/mol. The highest BCUT2D eigenvalue weighted by Gasteiger charge is 2.42. The number of hydrogen-bond donors (Lipinski definition) is 1. The van der Waals surface area contributed by atoms with Gasteiger partial charge >= 0.3 is 0 Å². The second-order valence-corrected chi connectivity index (χ2v) is 10.1. The molecule has 3 aromatic carbocycles. The van der Waals surface area contributed by atoms with Crippen LogP contribution in [-0.2, 0) is 15.1 Å². The average Bonchev–Trinajstić information content (AvgIpc) is 3.62. The summed E-state index contributed by atoms with van der Waals surface area (Å²) in [6, 6.07) is 25.6. The van der Waals surface area contributed by atoms with Crippen molar-refractivity contribution in [3.8, 4) is 11.5 Å². The number of methoxy groups -OCH3 is 2. The number of ether oxygens (including phenoxy) is 4. The van der Waals surface area contributed by atoms with E-state index in [9.17, 15) is 5.11 Å². The van der Waals surface area contributed by atoms with Gasteiger partial charge in [0.25, 0.3) is 0 Å². The molecule has 3 heterocycles. The highest BCUT2D eigenvalue weighted by molar-refractivity contribution is 6.33. The quantitative estimate of drug-likeness (QED) is 0.191. The molecule has 0 spiro atoms. The van der Waals surface area contributed by atoms with Crippen molar-refractivity contribution in [2.24, 2.45) is 0 Å². The van der Waals surface area contributed by atoms with E-state index in [2.05, 4.69) is 15.0 Å². The van der Waals surface area contributed by atoms with E-state index in [4.69, 9.17) is 30.5 Å². The molecule has 0 bridgehead atoms. The number of hydrogen-bond acceptors (Lipinski definition) is 8. The van der Waals surface area contributed by atoms with Crippen LogP contribution in [0.25, 0.3) is 11.2 Å². The van der Waals surface area contributed by atoms with Gasteiger partial charge in [-0.2, -0.15) is 0 Å². The van der Waals surface area contributed by atoms with Gasteiger partial charge in [0.1, 0.15) is 41.3 Å². The standard InChI is InChI=1S/C31H29ClN4O5/c1-38-23-12-8-21(9-13-23)31(20-6-4-3-5-7-20,22-10-14-24(39-2)15-11-22)40-17-26-25(37)16-27(41-26)36-19-35-28-29(32)33-18-34-30(28)36/h3-15,18-19,25-27,37H,16-17H2,1-2H3/t25-,26+,27+/m0/s1. The van der Waals surface area contributed by atoms with E-state index in [1.165, 1.54) is 6.33 Å². The Morgan fingerprint density at radius 3 is 2.10 bits per heavy atom. The van der Waals surface area contributed by atoms with Crippen molar-refractivity contribution in [2.45, 2.75) is 30.5 Å². The fraction of sp³-hybridized carbons (Fsp3) is 0.258. The van der Waals surface area contributed by atoms with Crippen LogP contribution in [0.3, 0.4) is 0 Å². The first-order chi connectivity index (χ1) is 20.0. The lowest BCUT2D eigenvalue weighted by Gasteiger charge is -2.37. The van der Waals surface area contributed by atoms with Crippen LogP contribution in [0.1, 0.15) is 29.3 Å². The minimum atomic E-state index is -1.02. The Bertz CT molecular complexity index is 1560. The summed E-state index contributed by atoms with van der Waals surface area (Å²) < 4.78 is 25.9. The van der Waals surface area contributed by atoms with E-state index in [1.807, 2.05) is 78.9 Å². The molecular formula is C31H29ClN4O5. The first-order valence-electron chi connectivity index (χ1n) is 13.2. The second kappa shape index (κ2) is 11.5. The maximum atomic E-state index is 11.1. The zero-order valence-electron chi connectivity index (χ0n) is 22.6. The summed E-state index contributed by atoms with van der Waals surface area (Å²) in [5.41, 5.74) is 2.71. The lowest BCUT2D eigenvalue weighted by Crippen LogP contribution is -2.38. The molecule has 6 rings (SSSR count). The number of aliphatic hydroxyl groups excluding tert-OH is 1. The van der Waals surface area contributed by atoms with Crippen molar-refractivity contribution in [1.82, 2.24) is 19.5 Å². The van der Waals surface area contributed by atoms with E-state index >= 15 is 0 Å². The van der Waals surface area contributed by atoms with Gasteiger partial charge in [0.05, 0.1) is 33.3 Å². The summed E-state index contributed by atoms with van der Waals surface area (Å²) in [5, 5.41) is 11.4. The van der Waals surface area contributed by atoms with Gasteiger partial charge in [-0.15, -0.1) is 0 Å². The van der Waals surface area contributed by atoms with E-state index in [0.717, 1.165) is 28.2 Å². The van der Waals surface area contributed by atoms with E-state index < -0.39 is 24.0 Å². The molecule has 1 N–H and O–H groups in total. The molecular weight excluding hydrogens is 544 g/mol. The Morgan fingerprint density at radius 1 is 0.878 bits per heavy atom. The zero-order chi connectivity index (χ0) is 28.4. The third kappa shape index (κ3) is 5.02. The monoisotopic (exact) mass is 572 g/mol. The van der Waals surface area contributed by atoms with Gasteiger partial charge in [0.2, 0.25) is 0 Å². The summed E-state index contributed by atoms with van der Waals surface area (Å²) in [6.07, 6.45) is 1.43. The predicted octanol–water partition coefficient (Wildman–Crippen LogP) is 5.15. The molecule has 1 fully saturated rings. The molecule has 9 nitrogen and oxygen atoms in total. The molecule has 1 aliphatic heterocycles. The number of imidazole rings is 1. The molecule has 2 aromatic heterocycles. The lowest BCUT2D eigenvalue weighted by atomic mass is 9.80. The normalized spacial score (nSPS) is 19.0. The van der Waals surface area contributed by atoms with Crippen LogP contribution >= 0.6 is 11.6 Å². The number of nitrogens with zero attached hydrogens (tertiary/aromatic N) is 4. The molecule has 1 saturated heterocycles. The number of aromatic nitrogens is 4. The topological polar surface area (TPSA) is 101 Å². The molecule has 0 aliphatic carbocycles. The zero-order valence-corrected chi connectivity index (χ0v) is 23.3. The average molecular weight is 573 g/mol. The van der Waals surface area contributed by atoms with Crippen LogP contribution in [0.15, 0.2) is 91.5 Å². The van der Waals surface area contributed by atoms with Crippen LogP contribution < -0.4 is 9.47 Å². The van der Waals surface area contributed by atoms with Gasteiger partial charge in [-0.3, -0.25) is 4.57 Å². The largest absolute Gasteiger partial charge is 0.497 e. The van der Waals surface area contributed by atoms with Crippen molar-refractivity contribution < 1.29 is 24.1 Å². The Balaban J connectivity index is 1.37. The Hall–Kier alpha value is -4.02. The van der Waals surface area contributed by atoms with Crippen molar-refractivity contribution in [2.75, 3.05) is 20.8 Å². The molecule has 10 heteroatoms. The number of aliphatic hydroxyl groups is 1. The molecule has 5 aromatic rings. The molecule has 0 radical (unpaired) electrons. The third-order valence-corrected chi connectivity index (χ3v) is 7.74. The van der Waals surface area contributed by atoms with Crippen molar-refractivity contribution in [3.63, 3.8) is 0 Å². The Labute approximate surface area is 242 Å². The van der Waals surface area contributed by atoms with Crippen LogP contribution in [0.2, 0.25) is 5.15 Å². The lowest BCUT2D eigenvalue weighted by molar-refractivity contribution is -0.0931. The van der Waals surface area contributed by atoms with Gasteiger partial charge in [-0.05, 0) is 41.0 Å². The second-order valence-electron chi connectivity index (χ2n) is 9.74. The summed E-state index contributed by atoms with van der Waals surface area (Å²) in [6.45, 7) is 0.104. The highest BCUT2D eigenvalue weighted by Crippen LogP contribution is 2.43. The number of fused-ring (bicyclic) bond motifs is 1. The summed E-state index contributed by atoms with van der Waals surface area (Å²) in [5.74, 6) is 1.47. The fourth-order valence-electron chi connectivity index (χ4n) is 5.35. The van der Waals surface area contributed by atoms with Crippen molar-refractivity contribution in [3.05, 3.63) is 113 Å². The molecule has 3 atom stereocenters.